The third-order valence-corrected chi connectivity index (χ3v) is 5.48. The summed E-state index contributed by atoms with van der Waals surface area (Å²) in [6.45, 7) is 3.11. The van der Waals surface area contributed by atoms with Crippen LogP contribution in [0.5, 0.6) is 5.75 Å². The molecule has 2 bridgehead atoms. The molecule has 0 radical (unpaired) electrons. The van der Waals surface area contributed by atoms with Gasteiger partial charge in [-0.1, -0.05) is 18.2 Å². The monoisotopic (exact) mass is 337 g/mol. The van der Waals surface area contributed by atoms with Gasteiger partial charge in [-0.15, -0.1) is 0 Å². The highest BCUT2D eigenvalue weighted by molar-refractivity contribution is 5.92. The number of nitrogens with one attached hydrogen (secondary N) is 1. The lowest BCUT2D eigenvalue weighted by Gasteiger charge is -2.50. The fourth-order valence-corrected chi connectivity index (χ4v) is 4.19. The van der Waals surface area contributed by atoms with Crippen LogP contribution in [0.2, 0.25) is 0 Å². The topological polar surface area (TPSA) is 54.5 Å². The maximum atomic E-state index is 12.5. The molecule has 4 unspecified atom stereocenters. The first-order valence-electron chi connectivity index (χ1n) is 8.83. The highest BCUT2D eigenvalue weighted by Gasteiger charge is 2.42. The van der Waals surface area contributed by atoms with Crippen LogP contribution in [0.3, 0.4) is 0 Å². The molecule has 3 aliphatic heterocycles. The van der Waals surface area contributed by atoms with Gasteiger partial charge in [-0.05, 0) is 48.7 Å². The van der Waals surface area contributed by atoms with E-state index >= 15 is 0 Å². The van der Waals surface area contributed by atoms with Crippen molar-refractivity contribution in [3.05, 3.63) is 59.9 Å². The van der Waals surface area contributed by atoms with Gasteiger partial charge in [0.1, 0.15) is 11.4 Å². The number of nitrogens with zero attached hydrogens (tertiary/aromatic N) is 2. The molecule has 5 rings (SSSR count). The van der Waals surface area contributed by atoms with Crippen LogP contribution < -0.4 is 10.1 Å². The van der Waals surface area contributed by atoms with Gasteiger partial charge in [0.05, 0.1) is 7.11 Å². The van der Waals surface area contributed by atoms with Gasteiger partial charge in [-0.25, -0.2) is 0 Å². The van der Waals surface area contributed by atoms with E-state index in [9.17, 15) is 4.79 Å². The molecule has 1 amide bonds. The van der Waals surface area contributed by atoms with E-state index in [4.69, 9.17) is 4.74 Å². The first-order valence-corrected chi connectivity index (χ1v) is 8.83. The molecule has 0 aliphatic carbocycles. The average Bonchev–Trinajstić information content (AvgIpc) is 2.69. The van der Waals surface area contributed by atoms with E-state index in [-0.39, 0.29) is 11.9 Å². The van der Waals surface area contributed by atoms with Crippen LogP contribution in [0.1, 0.15) is 28.4 Å². The van der Waals surface area contributed by atoms with Crippen molar-refractivity contribution in [2.45, 2.75) is 18.4 Å². The maximum absolute atomic E-state index is 12.5. The van der Waals surface area contributed by atoms with Crippen LogP contribution in [-0.4, -0.2) is 48.6 Å². The SMILES string of the molecule is COc1ccc(C2CN3CCC2C(NC(=O)c2ccccn2)C3)cc1. The number of rotatable bonds is 4. The molecule has 5 heteroatoms. The Morgan fingerprint density at radius 2 is 2.04 bits per heavy atom. The Kier molecular flexibility index (Phi) is 4.40. The lowest BCUT2D eigenvalue weighted by atomic mass is 9.72. The van der Waals surface area contributed by atoms with Gasteiger partial charge >= 0.3 is 0 Å². The van der Waals surface area contributed by atoms with E-state index in [1.807, 2.05) is 24.3 Å². The number of carbonyl (C=O) groups excluding carboxylic acids is 1. The molecule has 0 saturated carbocycles. The molecular formula is C20H23N3O2. The summed E-state index contributed by atoms with van der Waals surface area (Å²) in [6, 6.07) is 14.0. The third-order valence-electron chi connectivity index (χ3n) is 5.48. The van der Waals surface area contributed by atoms with Gasteiger partial charge in [0, 0.05) is 31.2 Å². The Bertz CT molecular complexity index is 732. The van der Waals surface area contributed by atoms with Gasteiger partial charge in [0.15, 0.2) is 0 Å². The Hall–Kier alpha value is -2.40. The highest BCUT2D eigenvalue weighted by Crippen LogP contribution is 2.39. The molecule has 3 fully saturated rings. The summed E-state index contributed by atoms with van der Waals surface area (Å²) in [5.41, 5.74) is 1.81. The molecule has 1 aromatic carbocycles. The largest absolute Gasteiger partial charge is 0.497 e. The lowest BCUT2D eigenvalue weighted by Crippen LogP contribution is -2.60. The minimum atomic E-state index is -0.0761. The van der Waals surface area contributed by atoms with E-state index in [1.54, 1.807) is 19.4 Å². The van der Waals surface area contributed by atoms with E-state index in [0.29, 0.717) is 17.5 Å². The van der Waals surface area contributed by atoms with Crippen molar-refractivity contribution in [1.29, 1.82) is 0 Å². The number of hydrogen-bond donors (Lipinski definition) is 1. The first-order chi connectivity index (χ1) is 12.2. The van der Waals surface area contributed by atoms with Crippen molar-refractivity contribution in [2.24, 2.45) is 5.92 Å². The smallest absolute Gasteiger partial charge is 0.270 e. The summed E-state index contributed by atoms with van der Waals surface area (Å²) in [5.74, 6) is 1.71. The van der Waals surface area contributed by atoms with Crippen LogP contribution in [-0.2, 0) is 0 Å². The number of aromatic nitrogens is 1. The second kappa shape index (κ2) is 6.84. The second-order valence-electron chi connectivity index (χ2n) is 6.89. The number of methoxy groups -OCH3 is 1. The minimum Gasteiger partial charge on any atom is -0.497 e. The van der Waals surface area contributed by atoms with Crippen LogP contribution in [0.4, 0.5) is 0 Å². The Balaban J connectivity index is 1.51. The van der Waals surface area contributed by atoms with Crippen LogP contribution >= 0.6 is 0 Å². The number of benzene rings is 1. The maximum Gasteiger partial charge on any atom is 0.270 e. The zero-order chi connectivity index (χ0) is 17.2. The van der Waals surface area contributed by atoms with Gasteiger partial charge in [-0.2, -0.15) is 0 Å². The quantitative estimate of drug-likeness (QED) is 0.930. The van der Waals surface area contributed by atoms with Gasteiger partial charge < -0.3 is 15.0 Å². The third kappa shape index (κ3) is 3.24. The molecule has 2 aromatic rings. The van der Waals surface area contributed by atoms with E-state index in [1.165, 1.54) is 5.56 Å². The molecule has 3 saturated heterocycles. The Labute approximate surface area is 148 Å². The zero-order valence-electron chi connectivity index (χ0n) is 14.4. The van der Waals surface area contributed by atoms with Crippen molar-refractivity contribution in [1.82, 2.24) is 15.2 Å². The Morgan fingerprint density at radius 1 is 1.20 bits per heavy atom. The summed E-state index contributed by atoms with van der Waals surface area (Å²) >= 11 is 0. The molecule has 5 nitrogen and oxygen atoms in total. The van der Waals surface area contributed by atoms with Crippen molar-refractivity contribution in [3.63, 3.8) is 0 Å². The number of fused-ring (bicyclic) bond motifs is 3. The number of carbonyl (C=O) groups is 1. The number of amides is 1. The standard InChI is InChI=1S/C20H23N3O2/c1-25-15-7-5-14(6-8-15)17-12-23-11-9-16(17)19(13-23)22-20(24)18-4-2-3-10-21-18/h2-8,10,16-17,19H,9,11-13H2,1H3,(H,22,24). The molecule has 0 spiro atoms. The number of piperidine rings is 3. The molecule has 4 heterocycles. The first kappa shape index (κ1) is 16.1. The predicted molar refractivity (Wildman–Crippen MR) is 95.8 cm³/mol. The van der Waals surface area contributed by atoms with Crippen molar-refractivity contribution in [2.75, 3.05) is 26.7 Å². The molecule has 1 N–H and O–H groups in total. The summed E-state index contributed by atoms with van der Waals surface area (Å²) < 4.78 is 5.27. The van der Waals surface area contributed by atoms with Crippen LogP contribution in [0.25, 0.3) is 0 Å². The van der Waals surface area contributed by atoms with Crippen molar-refractivity contribution >= 4 is 5.91 Å². The molecular weight excluding hydrogens is 314 g/mol. The van der Waals surface area contributed by atoms with E-state index in [0.717, 1.165) is 31.8 Å². The molecule has 1 aromatic heterocycles. The molecule has 4 atom stereocenters. The van der Waals surface area contributed by atoms with Gasteiger partial charge in [-0.3, -0.25) is 9.78 Å². The fourth-order valence-electron chi connectivity index (χ4n) is 4.19. The fraction of sp³-hybridized carbons (Fsp3) is 0.400. The summed E-state index contributed by atoms with van der Waals surface area (Å²) in [5, 5.41) is 3.22. The normalized spacial score (nSPS) is 27.7. The van der Waals surface area contributed by atoms with Crippen LogP contribution in [0.15, 0.2) is 48.7 Å². The molecule has 25 heavy (non-hydrogen) atoms. The lowest BCUT2D eigenvalue weighted by molar-refractivity contribution is 0.0465. The minimum absolute atomic E-state index is 0.0761. The number of pyridine rings is 1. The van der Waals surface area contributed by atoms with Crippen LogP contribution in [0, 0.1) is 5.92 Å². The summed E-state index contributed by atoms with van der Waals surface area (Å²) in [7, 11) is 1.69. The van der Waals surface area contributed by atoms with E-state index < -0.39 is 0 Å². The zero-order valence-corrected chi connectivity index (χ0v) is 14.4. The molecule has 130 valence electrons. The average molecular weight is 337 g/mol. The van der Waals surface area contributed by atoms with Gasteiger partial charge in [0.2, 0.25) is 0 Å². The van der Waals surface area contributed by atoms with Crippen molar-refractivity contribution in [3.8, 4) is 5.75 Å². The van der Waals surface area contributed by atoms with E-state index in [2.05, 4.69) is 27.3 Å². The molecule has 3 aliphatic rings. The summed E-state index contributed by atoms with van der Waals surface area (Å²) in [6.07, 6.45) is 2.77. The highest BCUT2D eigenvalue weighted by atomic mass is 16.5. The Morgan fingerprint density at radius 3 is 2.72 bits per heavy atom. The van der Waals surface area contributed by atoms with Crippen molar-refractivity contribution < 1.29 is 9.53 Å². The second-order valence-corrected chi connectivity index (χ2v) is 6.89. The summed E-state index contributed by atoms with van der Waals surface area (Å²) in [4.78, 5) is 19.1. The predicted octanol–water partition coefficient (Wildman–Crippen LogP) is 2.31. The number of hydrogen-bond acceptors (Lipinski definition) is 4. The van der Waals surface area contributed by atoms with Gasteiger partial charge in [0.25, 0.3) is 5.91 Å². The number of ether oxygens (including phenoxy) is 1.